The Morgan fingerprint density at radius 3 is 2.45 bits per heavy atom. The quantitative estimate of drug-likeness (QED) is 0.432. The fraction of sp³-hybridized carbons (Fsp3) is 0.214. The predicted octanol–water partition coefficient (Wildman–Crippen LogP) is 5.64. The van der Waals surface area contributed by atoms with Crippen LogP contribution in [0.15, 0.2) is 97.1 Å². The van der Waals surface area contributed by atoms with E-state index >= 15 is 0 Å². The molecule has 0 amide bonds. The second-order valence-electron chi connectivity index (χ2n) is 8.15. The Labute approximate surface area is 188 Å². The summed E-state index contributed by atoms with van der Waals surface area (Å²) in [5.41, 5.74) is 3.83. The van der Waals surface area contributed by atoms with Crippen molar-refractivity contribution >= 4 is 24.9 Å². The van der Waals surface area contributed by atoms with Crippen LogP contribution in [-0.4, -0.2) is 14.1 Å². The van der Waals surface area contributed by atoms with Crippen LogP contribution in [0.4, 0.5) is 5.69 Å². The molecule has 1 aliphatic carbocycles. The summed E-state index contributed by atoms with van der Waals surface area (Å²) in [7, 11) is 4.76. The summed E-state index contributed by atoms with van der Waals surface area (Å²) >= 11 is 0. The average molecular weight is 428 g/mol. The summed E-state index contributed by atoms with van der Waals surface area (Å²) in [6.07, 6.45) is 11.1. The van der Waals surface area contributed by atoms with Crippen molar-refractivity contribution in [2.75, 3.05) is 19.0 Å². The van der Waals surface area contributed by atoms with Gasteiger partial charge in [-0.2, -0.15) is 0 Å². The van der Waals surface area contributed by atoms with Gasteiger partial charge in [-0.25, -0.2) is 0 Å². The molecule has 0 aliphatic heterocycles. The minimum Gasteiger partial charge on any atom is -0.488 e. The standard InChI is InChI=1S/C28H30NOP/c1-29(2)25-15-9-10-16-27(25)31-28-20-24(19-22-11-5-3-6-12-22)17-18-26(28)30-21-23-13-7-4-8-14-23/h3-11,13-18,20,22,31H,12,19,21H2,1-2H3. The van der Waals surface area contributed by atoms with Crippen LogP contribution >= 0.6 is 8.58 Å². The number of anilines is 1. The van der Waals surface area contributed by atoms with Gasteiger partial charge < -0.3 is 9.64 Å². The van der Waals surface area contributed by atoms with Crippen LogP contribution in [0.2, 0.25) is 0 Å². The minimum absolute atomic E-state index is 0.545. The topological polar surface area (TPSA) is 12.5 Å². The third-order valence-corrected chi connectivity index (χ3v) is 6.86. The van der Waals surface area contributed by atoms with Crippen molar-refractivity contribution in [3.05, 3.63) is 108 Å². The molecule has 0 fully saturated rings. The molecule has 3 aromatic rings. The fourth-order valence-electron chi connectivity index (χ4n) is 3.86. The number of hydrogen-bond donors (Lipinski definition) is 0. The largest absolute Gasteiger partial charge is 0.488 e. The Morgan fingerprint density at radius 2 is 1.68 bits per heavy atom. The maximum atomic E-state index is 6.31. The molecular formula is C28H30NOP. The van der Waals surface area contributed by atoms with Crippen LogP contribution in [0.25, 0.3) is 0 Å². The smallest absolute Gasteiger partial charge is 0.127 e. The van der Waals surface area contributed by atoms with Crippen LogP contribution < -0.4 is 20.2 Å². The fourth-order valence-corrected chi connectivity index (χ4v) is 5.30. The summed E-state index contributed by atoms with van der Waals surface area (Å²) in [4.78, 5) is 2.19. The van der Waals surface area contributed by atoms with E-state index in [0.29, 0.717) is 21.1 Å². The van der Waals surface area contributed by atoms with E-state index in [1.807, 2.05) is 6.07 Å². The third-order valence-electron chi connectivity index (χ3n) is 5.50. The number of hydrogen-bond acceptors (Lipinski definition) is 2. The first kappa shape index (κ1) is 21.4. The van der Waals surface area contributed by atoms with Crippen LogP contribution in [0.1, 0.15) is 17.5 Å². The monoisotopic (exact) mass is 427 g/mol. The van der Waals surface area contributed by atoms with Gasteiger partial charge >= 0.3 is 0 Å². The number of para-hydroxylation sites is 1. The first-order valence-electron chi connectivity index (χ1n) is 10.9. The van der Waals surface area contributed by atoms with E-state index in [1.165, 1.54) is 27.4 Å². The SMILES string of the molecule is CN(C)c1ccccc1Pc1cc(CC2C=CC=CC2)ccc1OCc1ccccc1. The zero-order valence-corrected chi connectivity index (χ0v) is 19.3. The maximum Gasteiger partial charge on any atom is 0.127 e. The first-order valence-corrected chi connectivity index (χ1v) is 11.9. The van der Waals surface area contributed by atoms with Gasteiger partial charge in [0.2, 0.25) is 0 Å². The van der Waals surface area contributed by atoms with E-state index in [9.17, 15) is 0 Å². The molecule has 1 aliphatic rings. The Morgan fingerprint density at radius 1 is 0.871 bits per heavy atom. The zero-order valence-electron chi connectivity index (χ0n) is 18.3. The molecule has 0 radical (unpaired) electrons. The van der Waals surface area contributed by atoms with Gasteiger partial charge in [0, 0.05) is 30.4 Å². The van der Waals surface area contributed by atoms with Gasteiger partial charge in [-0.15, -0.1) is 0 Å². The van der Waals surface area contributed by atoms with Crippen molar-refractivity contribution in [3.8, 4) is 5.75 Å². The van der Waals surface area contributed by atoms with Crippen molar-refractivity contribution in [2.45, 2.75) is 19.4 Å². The van der Waals surface area contributed by atoms with E-state index in [0.717, 1.165) is 18.6 Å². The second-order valence-corrected chi connectivity index (χ2v) is 9.48. The molecule has 31 heavy (non-hydrogen) atoms. The molecule has 0 N–H and O–H groups in total. The molecule has 3 aromatic carbocycles. The number of benzene rings is 3. The van der Waals surface area contributed by atoms with E-state index in [4.69, 9.17) is 4.74 Å². The highest BCUT2D eigenvalue weighted by atomic mass is 31.1. The molecule has 2 atom stereocenters. The summed E-state index contributed by atoms with van der Waals surface area (Å²) in [5, 5.41) is 2.62. The third kappa shape index (κ3) is 5.87. The summed E-state index contributed by atoms with van der Waals surface area (Å²) in [6, 6.07) is 25.8. The molecule has 2 unspecified atom stereocenters. The summed E-state index contributed by atoms with van der Waals surface area (Å²) in [5.74, 6) is 1.56. The van der Waals surface area contributed by atoms with Crippen LogP contribution in [0.3, 0.4) is 0 Å². The molecule has 158 valence electrons. The van der Waals surface area contributed by atoms with Gasteiger partial charge in [0.1, 0.15) is 12.4 Å². The van der Waals surface area contributed by atoms with Crippen molar-refractivity contribution < 1.29 is 4.74 Å². The summed E-state index contributed by atoms with van der Waals surface area (Å²) < 4.78 is 6.31. The lowest BCUT2D eigenvalue weighted by Crippen LogP contribution is -2.18. The van der Waals surface area contributed by atoms with Crippen molar-refractivity contribution in [1.82, 2.24) is 0 Å². The average Bonchev–Trinajstić information content (AvgIpc) is 2.80. The van der Waals surface area contributed by atoms with Crippen molar-refractivity contribution in [2.24, 2.45) is 5.92 Å². The molecule has 0 spiro atoms. The van der Waals surface area contributed by atoms with Gasteiger partial charge in [-0.1, -0.05) is 87.5 Å². The zero-order chi connectivity index (χ0) is 21.5. The van der Waals surface area contributed by atoms with Crippen LogP contribution in [0.5, 0.6) is 5.75 Å². The van der Waals surface area contributed by atoms with Crippen LogP contribution in [-0.2, 0) is 13.0 Å². The molecule has 4 rings (SSSR count). The minimum atomic E-state index is 0.545. The first-order chi connectivity index (χ1) is 15.2. The Kier molecular flexibility index (Phi) is 7.22. The molecule has 0 bridgehead atoms. The highest BCUT2D eigenvalue weighted by Crippen LogP contribution is 2.27. The molecule has 0 saturated carbocycles. The lowest BCUT2D eigenvalue weighted by atomic mass is 9.93. The van der Waals surface area contributed by atoms with Gasteiger partial charge in [0.05, 0.1) is 0 Å². The number of ether oxygens (including phenoxy) is 1. The molecule has 0 aromatic heterocycles. The Balaban J connectivity index is 1.60. The number of rotatable bonds is 8. The van der Waals surface area contributed by atoms with E-state index in [-0.39, 0.29) is 0 Å². The molecule has 3 heteroatoms. The van der Waals surface area contributed by atoms with Gasteiger partial charge in [-0.05, 0) is 48.1 Å². The molecule has 0 saturated heterocycles. The number of allylic oxidation sites excluding steroid dienone is 4. The number of nitrogens with zero attached hydrogens (tertiary/aromatic N) is 1. The van der Waals surface area contributed by atoms with Crippen molar-refractivity contribution in [1.29, 1.82) is 0 Å². The molecule has 0 heterocycles. The molecular weight excluding hydrogens is 397 g/mol. The van der Waals surface area contributed by atoms with Gasteiger partial charge in [0.15, 0.2) is 0 Å². The Bertz CT molecular complexity index is 1060. The van der Waals surface area contributed by atoms with Crippen molar-refractivity contribution in [3.63, 3.8) is 0 Å². The Hall–Kier alpha value is -2.83. The van der Waals surface area contributed by atoms with Gasteiger partial charge in [-0.3, -0.25) is 0 Å². The maximum absolute atomic E-state index is 6.31. The lowest BCUT2D eigenvalue weighted by Gasteiger charge is -2.20. The lowest BCUT2D eigenvalue weighted by molar-refractivity contribution is 0.309. The summed E-state index contributed by atoms with van der Waals surface area (Å²) in [6.45, 7) is 0.586. The predicted molar refractivity (Wildman–Crippen MR) is 136 cm³/mol. The normalized spacial score (nSPS) is 15.5. The van der Waals surface area contributed by atoms with E-state index in [2.05, 4.69) is 110 Å². The molecule has 2 nitrogen and oxygen atoms in total. The highest BCUT2D eigenvalue weighted by molar-refractivity contribution is 7.56. The second kappa shape index (κ2) is 10.5. The van der Waals surface area contributed by atoms with E-state index in [1.54, 1.807) is 0 Å². The van der Waals surface area contributed by atoms with E-state index < -0.39 is 0 Å². The van der Waals surface area contributed by atoms with Gasteiger partial charge in [0.25, 0.3) is 0 Å². The highest BCUT2D eigenvalue weighted by Gasteiger charge is 2.13. The van der Waals surface area contributed by atoms with Crippen LogP contribution in [0, 0.1) is 5.92 Å².